The van der Waals surface area contributed by atoms with Crippen molar-refractivity contribution in [3.05, 3.63) is 48.0 Å². The normalized spacial score (nSPS) is 10.5. The quantitative estimate of drug-likeness (QED) is 0.792. The van der Waals surface area contributed by atoms with Gasteiger partial charge >= 0.3 is 0 Å². The average Bonchev–Trinajstić information content (AvgIpc) is 2.40. The zero-order chi connectivity index (χ0) is 13.0. The van der Waals surface area contributed by atoms with Crippen molar-refractivity contribution >= 4 is 0 Å². The van der Waals surface area contributed by atoms with E-state index in [1.807, 2.05) is 30.3 Å². The molecule has 0 aromatic heterocycles. The van der Waals surface area contributed by atoms with Crippen LogP contribution in [0.1, 0.15) is 25.3 Å². The summed E-state index contributed by atoms with van der Waals surface area (Å²) in [5.74, 6) is 0.491. The third-order valence-electron chi connectivity index (χ3n) is 3.06. The van der Waals surface area contributed by atoms with Crippen LogP contribution < -0.4 is 0 Å². The van der Waals surface area contributed by atoms with Crippen molar-refractivity contribution in [1.82, 2.24) is 0 Å². The number of phenols is 2. The molecule has 0 unspecified atom stereocenters. The molecule has 0 aliphatic carbocycles. The number of hydrogen-bond acceptors (Lipinski definition) is 2. The van der Waals surface area contributed by atoms with E-state index in [0.29, 0.717) is 5.56 Å². The standard InChI is InChI=1S/C16H18O2/c1-2-3-7-13-10-14(17)11-15(16(13)18)12-8-5-4-6-9-12/h4-6,8-11,17-18H,2-3,7H2,1H3. The van der Waals surface area contributed by atoms with E-state index >= 15 is 0 Å². The summed E-state index contributed by atoms with van der Waals surface area (Å²) in [6.07, 6.45) is 2.86. The van der Waals surface area contributed by atoms with Crippen LogP contribution in [0.15, 0.2) is 42.5 Å². The largest absolute Gasteiger partial charge is 0.508 e. The summed E-state index contributed by atoms with van der Waals surface area (Å²) in [7, 11) is 0. The molecule has 0 atom stereocenters. The maximum atomic E-state index is 10.3. The highest BCUT2D eigenvalue weighted by molar-refractivity contribution is 5.73. The smallest absolute Gasteiger partial charge is 0.126 e. The maximum Gasteiger partial charge on any atom is 0.126 e. The van der Waals surface area contributed by atoms with E-state index in [1.165, 1.54) is 0 Å². The van der Waals surface area contributed by atoms with Crippen LogP contribution in [-0.2, 0) is 6.42 Å². The van der Waals surface area contributed by atoms with Crippen molar-refractivity contribution in [2.24, 2.45) is 0 Å². The Hall–Kier alpha value is -1.96. The molecule has 2 aromatic carbocycles. The lowest BCUT2D eigenvalue weighted by Gasteiger charge is -2.11. The van der Waals surface area contributed by atoms with Crippen LogP contribution >= 0.6 is 0 Å². The monoisotopic (exact) mass is 242 g/mol. The van der Waals surface area contributed by atoms with Gasteiger partial charge in [-0.25, -0.2) is 0 Å². The summed E-state index contributed by atoms with van der Waals surface area (Å²) in [5.41, 5.74) is 2.43. The van der Waals surface area contributed by atoms with Crippen molar-refractivity contribution in [2.45, 2.75) is 26.2 Å². The van der Waals surface area contributed by atoms with Gasteiger partial charge in [-0.2, -0.15) is 0 Å². The number of aromatic hydroxyl groups is 2. The Labute approximate surface area is 108 Å². The molecule has 0 aliphatic heterocycles. The van der Waals surface area contributed by atoms with Crippen LogP contribution in [0, 0.1) is 0 Å². The lowest BCUT2D eigenvalue weighted by molar-refractivity contribution is 0.455. The molecular weight excluding hydrogens is 224 g/mol. The van der Waals surface area contributed by atoms with Crippen molar-refractivity contribution in [3.8, 4) is 22.6 Å². The fourth-order valence-electron chi connectivity index (χ4n) is 2.07. The summed E-state index contributed by atoms with van der Waals surface area (Å²) >= 11 is 0. The van der Waals surface area contributed by atoms with Crippen LogP contribution in [0.5, 0.6) is 11.5 Å². The first-order chi connectivity index (χ1) is 8.72. The van der Waals surface area contributed by atoms with Crippen LogP contribution in [0.4, 0.5) is 0 Å². The number of aryl methyl sites for hydroxylation is 1. The van der Waals surface area contributed by atoms with Gasteiger partial charge in [0.15, 0.2) is 0 Å². The first kappa shape index (κ1) is 12.5. The highest BCUT2D eigenvalue weighted by Crippen LogP contribution is 2.36. The SMILES string of the molecule is CCCCc1cc(O)cc(-c2ccccc2)c1O. The molecule has 2 aromatic rings. The van der Waals surface area contributed by atoms with Gasteiger partial charge in [-0.15, -0.1) is 0 Å². The van der Waals surface area contributed by atoms with E-state index in [-0.39, 0.29) is 11.5 Å². The molecular formula is C16H18O2. The van der Waals surface area contributed by atoms with Crippen LogP contribution in [0.25, 0.3) is 11.1 Å². The first-order valence-electron chi connectivity index (χ1n) is 6.32. The Bertz CT molecular complexity index is 518. The molecule has 0 saturated carbocycles. The number of rotatable bonds is 4. The molecule has 18 heavy (non-hydrogen) atoms. The fraction of sp³-hybridized carbons (Fsp3) is 0.250. The van der Waals surface area contributed by atoms with Gasteiger partial charge in [0.25, 0.3) is 0 Å². The second-order valence-corrected chi connectivity index (χ2v) is 4.47. The van der Waals surface area contributed by atoms with Gasteiger partial charge in [0.05, 0.1) is 0 Å². The Balaban J connectivity index is 2.45. The Morgan fingerprint density at radius 2 is 1.72 bits per heavy atom. The molecule has 2 rings (SSSR count). The van der Waals surface area contributed by atoms with Gasteiger partial charge in [-0.05, 0) is 36.1 Å². The second-order valence-electron chi connectivity index (χ2n) is 4.47. The van der Waals surface area contributed by atoms with E-state index in [0.717, 1.165) is 30.4 Å². The molecule has 2 N–H and O–H groups in total. The van der Waals surface area contributed by atoms with Gasteiger partial charge in [0.1, 0.15) is 11.5 Å². The number of phenolic OH excluding ortho intramolecular Hbond substituents is 2. The van der Waals surface area contributed by atoms with Crippen molar-refractivity contribution in [3.63, 3.8) is 0 Å². The average molecular weight is 242 g/mol. The van der Waals surface area contributed by atoms with Crippen molar-refractivity contribution < 1.29 is 10.2 Å². The van der Waals surface area contributed by atoms with E-state index in [4.69, 9.17) is 0 Å². The highest BCUT2D eigenvalue weighted by atomic mass is 16.3. The third kappa shape index (κ3) is 2.65. The van der Waals surface area contributed by atoms with Crippen LogP contribution in [0.3, 0.4) is 0 Å². The highest BCUT2D eigenvalue weighted by Gasteiger charge is 2.11. The van der Waals surface area contributed by atoms with E-state index in [2.05, 4.69) is 6.92 Å². The second kappa shape index (κ2) is 5.58. The summed E-state index contributed by atoms with van der Waals surface area (Å²) in [4.78, 5) is 0. The third-order valence-corrected chi connectivity index (χ3v) is 3.06. The van der Waals surface area contributed by atoms with Gasteiger partial charge in [-0.1, -0.05) is 43.7 Å². The number of unbranched alkanes of at least 4 members (excludes halogenated alkanes) is 1. The van der Waals surface area contributed by atoms with Crippen LogP contribution in [0.2, 0.25) is 0 Å². The van der Waals surface area contributed by atoms with Crippen molar-refractivity contribution in [2.75, 3.05) is 0 Å². The lowest BCUT2D eigenvalue weighted by atomic mass is 9.98. The van der Waals surface area contributed by atoms with E-state index < -0.39 is 0 Å². The Morgan fingerprint density at radius 3 is 2.39 bits per heavy atom. The molecule has 2 heteroatoms. The predicted molar refractivity (Wildman–Crippen MR) is 73.8 cm³/mol. The molecule has 0 aliphatic rings. The summed E-state index contributed by atoms with van der Waals surface area (Å²) in [5, 5.41) is 20.1. The molecule has 94 valence electrons. The molecule has 0 fully saturated rings. The number of hydrogen-bond donors (Lipinski definition) is 2. The molecule has 2 nitrogen and oxygen atoms in total. The van der Waals surface area contributed by atoms with Gasteiger partial charge in [0.2, 0.25) is 0 Å². The summed E-state index contributed by atoms with van der Waals surface area (Å²) in [6.45, 7) is 2.11. The molecule has 0 spiro atoms. The van der Waals surface area contributed by atoms with Crippen molar-refractivity contribution in [1.29, 1.82) is 0 Å². The summed E-state index contributed by atoms with van der Waals surface area (Å²) < 4.78 is 0. The molecule has 0 amide bonds. The minimum atomic E-state index is 0.206. The summed E-state index contributed by atoms with van der Waals surface area (Å²) in [6, 6.07) is 12.9. The minimum absolute atomic E-state index is 0.206. The van der Waals surface area contributed by atoms with E-state index in [9.17, 15) is 10.2 Å². The molecule has 0 saturated heterocycles. The maximum absolute atomic E-state index is 10.3. The zero-order valence-corrected chi connectivity index (χ0v) is 10.6. The minimum Gasteiger partial charge on any atom is -0.508 e. The Kier molecular flexibility index (Phi) is 3.88. The predicted octanol–water partition coefficient (Wildman–Crippen LogP) is 4.11. The molecule has 0 heterocycles. The first-order valence-corrected chi connectivity index (χ1v) is 6.32. The van der Waals surface area contributed by atoms with Gasteiger partial charge in [0, 0.05) is 5.56 Å². The lowest BCUT2D eigenvalue weighted by Crippen LogP contribution is -1.89. The Morgan fingerprint density at radius 1 is 1.00 bits per heavy atom. The van der Waals surface area contributed by atoms with Gasteiger partial charge in [-0.3, -0.25) is 0 Å². The van der Waals surface area contributed by atoms with E-state index in [1.54, 1.807) is 12.1 Å². The van der Waals surface area contributed by atoms with Gasteiger partial charge < -0.3 is 10.2 Å². The molecule has 0 bridgehead atoms. The van der Waals surface area contributed by atoms with Crippen LogP contribution in [-0.4, -0.2) is 10.2 Å². The number of benzene rings is 2. The molecule has 0 radical (unpaired) electrons. The fourth-order valence-corrected chi connectivity index (χ4v) is 2.07. The topological polar surface area (TPSA) is 40.5 Å². The zero-order valence-electron chi connectivity index (χ0n) is 10.6.